The molecule has 132 valence electrons. The molecule has 0 aliphatic heterocycles. The molecular formula is C17H12F2N4O3. The Kier molecular flexibility index (Phi) is 4.44. The number of benzene rings is 2. The van der Waals surface area contributed by atoms with Crippen LogP contribution in [0, 0.1) is 28.7 Å². The highest BCUT2D eigenvalue weighted by Gasteiger charge is 2.15. The van der Waals surface area contributed by atoms with Gasteiger partial charge in [-0.2, -0.15) is 5.10 Å². The highest BCUT2D eigenvalue weighted by molar-refractivity contribution is 6.04. The number of hydrogen-bond acceptors (Lipinski definition) is 4. The van der Waals surface area contributed by atoms with Gasteiger partial charge in [0.15, 0.2) is 0 Å². The van der Waals surface area contributed by atoms with Gasteiger partial charge < -0.3 is 5.32 Å². The maximum Gasteiger partial charge on any atom is 0.269 e. The van der Waals surface area contributed by atoms with Gasteiger partial charge in [0, 0.05) is 29.8 Å². The second-order valence-electron chi connectivity index (χ2n) is 5.47. The number of non-ortho nitro benzene ring substituents is 1. The van der Waals surface area contributed by atoms with Crippen molar-refractivity contribution < 1.29 is 18.5 Å². The van der Waals surface area contributed by atoms with Crippen LogP contribution in [0.15, 0.2) is 48.5 Å². The number of hydrogen-bond donors (Lipinski definition) is 1. The minimum absolute atomic E-state index is 0.0848. The molecule has 0 radical (unpaired) electrons. The summed E-state index contributed by atoms with van der Waals surface area (Å²) in [5, 5.41) is 17.5. The van der Waals surface area contributed by atoms with Gasteiger partial charge in [0.1, 0.15) is 17.5 Å². The Morgan fingerprint density at radius 1 is 1.12 bits per heavy atom. The molecule has 0 aliphatic rings. The molecule has 1 heterocycles. The van der Waals surface area contributed by atoms with E-state index in [9.17, 15) is 23.7 Å². The van der Waals surface area contributed by atoms with Crippen LogP contribution in [-0.2, 0) is 0 Å². The van der Waals surface area contributed by atoms with Crippen LogP contribution in [0.1, 0.15) is 16.1 Å². The van der Waals surface area contributed by atoms with Crippen LogP contribution in [0.4, 0.5) is 20.3 Å². The van der Waals surface area contributed by atoms with Crippen molar-refractivity contribution in [3.63, 3.8) is 0 Å². The fourth-order valence-electron chi connectivity index (χ4n) is 2.37. The number of anilines is 1. The number of nitrogens with one attached hydrogen (secondary N) is 1. The minimum Gasteiger partial charge on any atom is -0.306 e. The lowest BCUT2D eigenvalue weighted by atomic mass is 10.2. The summed E-state index contributed by atoms with van der Waals surface area (Å²) in [4.78, 5) is 22.5. The van der Waals surface area contributed by atoms with Crippen LogP contribution in [0.3, 0.4) is 0 Å². The molecule has 1 aromatic heterocycles. The van der Waals surface area contributed by atoms with Crippen molar-refractivity contribution >= 4 is 17.4 Å². The van der Waals surface area contributed by atoms with E-state index in [1.54, 1.807) is 13.0 Å². The second kappa shape index (κ2) is 6.71. The number of nitro groups is 1. The number of nitro benzene ring substituents is 1. The van der Waals surface area contributed by atoms with Gasteiger partial charge in [-0.25, -0.2) is 13.5 Å². The van der Waals surface area contributed by atoms with Crippen LogP contribution in [0.25, 0.3) is 5.69 Å². The molecule has 3 aromatic rings. The number of halogens is 2. The van der Waals surface area contributed by atoms with E-state index >= 15 is 0 Å². The van der Waals surface area contributed by atoms with E-state index < -0.39 is 22.5 Å². The molecule has 0 fully saturated rings. The molecular weight excluding hydrogens is 346 g/mol. The zero-order valence-corrected chi connectivity index (χ0v) is 13.4. The van der Waals surface area contributed by atoms with Gasteiger partial charge in [-0.3, -0.25) is 14.9 Å². The van der Waals surface area contributed by atoms with Crippen molar-refractivity contribution in [1.29, 1.82) is 0 Å². The summed E-state index contributed by atoms with van der Waals surface area (Å²) >= 11 is 0. The first-order valence-electron chi connectivity index (χ1n) is 7.42. The van der Waals surface area contributed by atoms with Crippen LogP contribution in [-0.4, -0.2) is 20.6 Å². The molecule has 0 unspecified atom stereocenters. The summed E-state index contributed by atoms with van der Waals surface area (Å²) in [5.41, 5.74) is 0.781. The maximum atomic E-state index is 13.3. The fraction of sp³-hybridized carbons (Fsp3) is 0.0588. The molecule has 3 rings (SSSR count). The van der Waals surface area contributed by atoms with E-state index in [-0.39, 0.29) is 17.1 Å². The second-order valence-corrected chi connectivity index (χ2v) is 5.47. The Bertz CT molecular complexity index is 979. The van der Waals surface area contributed by atoms with Gasteiger partial charge >= 0.3 is 0 Å². The van der Waals surface area contributed by atoms with Crippen molar-refractivity contribution in [1.82, 2.24) is 9.78 Å². The zero-order chi connectivity index (χ0) is 18.8. The van der Waals surface area contributed by atoms with Crippen LogP contribution < -0.4 is 5.32 Å². The Balaban J connectivity index is 1.91. The summed E-state index contributed by atoms with van der Waals surface area (Å²) in [7, 11) is 0. The first-order chi connectivity index (χ1) is 12.3. The summed E-state index contributed by atoms with van der Waals surface area (Å²) in [6, 6.07) is 9.62. The van der Waals surface area contributed by atoms with Crippen molar-refractivity contribution in [3.05, 3.63) is 81.5 Å². The highest BCUT2D eigenvalue weighted by Crippen LogP contribution is 2.21. The van der Waals surface area contributed by atoms with Gasteiger partial charge in [0.2, 0.25) is 0 Å². The average Bonchev–Trinajstić information content (AvgIpc) is 2.94. The number of amides is 1. The molecule has 2 aromatic carbocycles. The zero-order valence-electron chi connectivity index (χ0n) is 13.4. The van der Waals surface area contributed by atoms with Crippen LogP contribution in [0.2, 0.25) is 0 Å². The largest absolute Gasteiger partial charge is 0.306 e. The standard InChI is InChI=1S/C17H12F2N4O3/c1-10-6-16(20-17(24)11-7-12(18)9-13(19)8-11)22(21-10)14-2-4-15(5-3-14)23(25)26/h2-9H,1H3,(H,20,24). The summed E-state index contributed by atoms with van der Waals surface area (Å²) < 4.78 is 27.9. The molecule has 0 atom stereocenters. The molecule has 1 N–H and O–H groups in total. The molecule has 0 saturated carbocycles. The molecule has 0 spiro atoms. The molecule has 0 saturated heterocycles. The van der Waals surface area contributed by atoms with Gasteiger partial charge in [0.05, 0.1) is 16.3 Å². The Morgan fingerprint density at radius 2 is 1.73 bits per heavy atom. The van der Waals surface area contributed by atoms with Crippen LogP contribution in [0.5, 0.6) is 0 Å². The minimum atomic E-state index is -0.866. The van der Waals surface area contributed by atoms with Crippen molar-refractivity contribution in [3.8, 4) is 5.69 Å². The smallest absolute Gasteiger partial charge is 0.269 e. The lowest BCUT2D eigenvalue weighted by molar-refractivity contribution is -0.384. The van der Waals surface area contributed by atoms with E-state index in [1.807, 2.05) is 0 Å². The number of aryl methyl sites for hydroxylation is 1. The number of aromatic nitrogens is 2. The predicted molar refractivity (Wildman–Crippen MR) is 89.3 cm³/mol. The van der Waals surface area contributed by atoms with Gasteiger partial charge in [0.25, 0.3) is 11.6 Å². The summed E-state index contributed by atoms with van der Waals surface area (Å²) in [6.45, 7) is 1.69. The molecule has 0 aliphatic carbocycles. The Labute approximate surface area is 146 Å². The van der Waals surface area contributed by atoms with E-state index in [1.165, 1.54) is 28.9 Å². The van der Waals surface area contributed by atoms with Gasteiger partial charge in [-0.15, -0.1) is 0 Å². The number of carbonyl (C=O) groups excluding carboxylic acids is 1. The monoisotopic (exact) mass is 358 g/mol. The molecule has 1 amide bonds. The highest BCUT2D eigenvalue weighted by atomic mass is 19.1. The molecule has 7 nitrogen and oxygen atoms in total. The Hall–Kier alpha value is -3.62. The predicted octanol–water partition coefficient (Wildman–Crippen LogP) is 3.62. The third kappa shape index (κ3) is 3.56. The normalized spacial score (nSPS) is 10.6. The van der Waals surface area contributed by atoms with E-state index in [0.29, 0.717) is 17.4 Å². The van der Waals surface area contributed by atoms with Gasteiger partial charge in [-0.1, -0.05) is 0 Å². The number of rotatable bonds is 4. The SMILES string of the molecule is Cc1cc(NC(=O)c2cc(F)cc(F)c2)n(-c2ccc([N+](=O)[O-])cc2)n1. The number of carbonyl (C=O) groups is 1. The van der Waals surface area contributed by atoms with Gasteiger partial charge in [-0.05, 0) is 31.2 Å². The van der Waals surface area contributed by atoms with Crippen molar-refractivity contribution in [2.24, 2.45) is 0 Å². The topological polar surface area (TPSA) is 90.1 Å². The lowest BCUT2D eigenvalue weighted by Crippen LogP contribution is -2.15. The summed E-state index contributed by atoms with van der Waals surface area (Å²) in [6.07, 6.45) is 0. The van der Waals surface area contributed by atoms with Crippen molar-refractivity contribution in [2.75, 3.05) is 5.32 Å². The van der Waals surface area contributed by atoms with E-state index in [0.717, 1.165) is 12.1 Å². The maximum absolute atomic E-state index is 13.3. The van der Waals surface area contributed by atoms with E-state index in [4.69, 9.17) is 0 Å². The fourth-order valence-corrected chi connectivity index (χ4v) is 2.37. The van der Waals surface area contributed by atoms with Crippen LogP contribution >= 0.6 is 0 Å². The molecule has 9 heteroatoms. The summed E-state index contributed by atoms with van der Waals surface area (Å²) in [5.74, 6) is -2.19. The molecule has 0 bridgehead atoms. The lowest BCUT2D eigenvalue weighted by Gasteiger charge is -2.09. The third-order valence-corrected chi connectivity index (χ3v) is 3.50. The van der Waals surface area contributed by atoms with Crippen molar-refractivity contribution in [2.45, 2.75) is 6.92 Å². The average molecular weight is 358 g/mol. The first kappa shape index (κ1) is 17.2. The molecule has 26 heavy (non-hydrogen) atoms. The first-order valence-corrected chi connectivity index (χ1v) is 7.42. The quantitative estimate of drug-likeness (QED) is 0.570. The Morgan fingerprint density at radius 3 is 2.31 bits per heavy atom. The number of nitrogens with zero attached hydrogens (tertiary/aromatic N) is 3. The third-order valence-electron chi connectivity index (χ3n) is 3.50. The van der Waals surface area contributed by atoms with E-state index in [2.05, 4.69) is 10.4 Å².